The maximum Gasteiger partial charge on any atom is 0.0456 e. The molecule has 0 radical (unpaired) electrons. The van der Waals surface area contributed by atoms with Crippen molar-refractivity contribution in [3.05, 3.63) is 36.0 Å². The van der Waals surface area contributed by atoms with E-state index in [-0.39, 0.29) is 0 Å². The summed E-state index contributed by atoms with van der Waals surface area (Å²) >= 11 is 0. The highest BCUT2D eigenvalue weighted by molar-refractivity contribution is 5.80. The van der Waals surface area contributed by atoms with Gasteiger partial charge < -0.3 is 10.3 Å². The van der Waals surface area contributed by atoms with Crippen LogP contribution in [0.1, 0.15) is 31.5 Å². The highest BCUT2D eigenvalue weighted by atomic mass is 15.0. The SMILES string of the molecule is CC(NC1CC1)c1cc2ccccc2[nH]1. The first-order valence-corrected chi connectivity index (χ1v) is 5.66. The maximum atomic E-state index is 3.60. The molecule has 0 bridgehead atoms. The van der Waals surface area contributed by atoms with E-state index < -0.39 is 0 Å². The van der Waals surface area contributed by atoms with Gasteiger partial charge in [-0.1, -0.05) is 18.2 Å². The van der Waals surface area contributed by atoms with E-state index >= 15 is 0 Å². The summed E-state index contributed by atoms with van der Waals surface area (Å²) in [6, 6.07) is 11.9. The minimum absolute atomic E-state index is 0.435. The van der Waals surface area contributed by atoms with Crippen molar-refractivity contribution in [2.45, 2.75) is 31.8 Å². The Hall–Kier alpha value is -1.28. The summed E-state index contributed by atoms with van der Waals surface area (Å²) in [5.74, 6) is 0. The van der Waals surface area contributed by atoms with Crippen LogP contribution in [0, 0.1) is 0 Å². The van der Waals surface area contributed by atoms with Crippen LogP contribution in [0.3, 0.4) is 0 Å². The molecule has 2 heteroatoms. The Morgan fingerprint density at radius 1 is 1.33 bits per heavy atom. The molecule has 15 heavy (non-hydrogen) atoms. The maximum absolute atomic E-state index is 3.60. The van der Waals surface area contributed by atoms with Crippen molar-refractivity contribution in [3.63, 3.8) is 0 Å². The molecule has 3 rings (SSSR count). The third kappa shape index (κ3) is 1.77. The molecule has 1 aliphatic carbocycles. The number of aromatic amines is 1. The van der Waals surface area contributed by atoms with Gasteiger partial charge in [0, 0.05) is 23.3 Å². The number of rotatable bonds is 3. The fraction of sp³-hybridized carbons (Fsp3) is 0.385. The Morgan fingerprint density at radius 3 is 2.87 bits per heavy atom. The molecule has 1 saturated carbocycles. The summed E-state index contributed by atoms with van der Waals surface area (Å²) in [7, 11) is 0. The molecule has 1 aromatic carbocycles. The predicted molar refractivity (Wildman–Crippen MR) is 62.9 cm³/mol. The summed E-state index contributed by atoms with van der Waals surface area (Å²) in [6.45, 7) is 2.23. The van der Waals surface area contributed by atoms with Crippen LogP contribution in [-0.2, 0) is 0 Å². The second-order valence-electron chi connectivity index (χ2n) is 4.47. The van der Waals surface area contributed by atoms with Gasteiger partial charge in [0.25, 0.3) is 0 Å². The Kier molecular flexibility index (Phi) is 2.03. The van der Waals surface area contributed by atoms with E-state index in [1.54, 1.807) is 0 Å². The minimum atomic E-state index is 0.435. The molecule has 0 amide bonds. The van der Waals surface area contributed by atoms with Gasteiger partial charge in [-0.3, -0.25) is 0 Å². The van der Waals surface area contributed by atoms with Crippen molar-refractivity contribution >= 4 is 10.9 Å². The van der Waals surface area contributed by atoms with Crippen molar-refractivity contribution < 1.29 is 0 Å². The third-order valence-electron chi connectivity index (χ3n) is 3.08. The first-order chi connectivity index (χ1) is 7.33. The molecule has 2 aromatic rings. The van der Waals surface area contributed by atoms with Gasteiger partial charge in [-0.15, -0.1) is 0 Å². The molecule has 1 atom stereocenters. The lowest BCUT2D eigenvalue weighted by molar-refractivity contribution is 0.561. The molecule has 1 fully saturated rings. The second kappa shape index (κ2) is 3.38. The number of benzene rings is 1. The highest BCUT2D eigenvalue weighted by Gasteiger charge is 2.23. The van der Waals surface area contributed by atoms with Gasteiger partial charge in [0.2, 0.25) is 0 Å². The summed E-state index contributed by atoms with van der Waals surface area (Å²) in [4.78, 5) is 3.47. The van der Waals surface area contributed by atoms with Crippen molar-refractivity contribution in [2.75, 3.05) is 0 Å². The van der Waals surface area contributed by atoms with Gasteiger partial charge >= 0.3 is 0 Å². The standard InChI is InChI=1S/C13H16N2/c1-9(14-11-6-7-11)13-8-10-4-2-3-5-12(10)15-13/h2-5,8-9,11,14-15H,6-7H2,1H3. The predicted octanol–water partition coefficient (Wildman–Crippen LogP) is 2.98. The second-order valence-corrected chi connectivity index (χ2v) is 4.47. The summed E-state index contributed by atoms with van der Waals surface area (Å²) < 4.78 is 0. The van der Waals surface area contributed by atoms with Crippen LogP contribution in [-0.4, -0.2) is 11.0 Å². The lowest BCUT2D eigenvalue weighted by atomic mass is 10.2. The Bertz CT molecular complexity index is 435. The summed E-state index contributed by atoms with van der Waals surface area (Å²) in [6.07, 6.45) is 2.68. The minimum Gasteiger partial charge on any atom is -0.357 e. The number of aromatic nitrogens is 1. The zero-order chi connectivity index (χ0) is 10.3. The quantitative estimate of drug-likeness (QED) is 0.783. The molecule has 78 valence electrons. The number of fused-ring (bicyclic) bond motifs is 1. The molecular formula is C13H16N2. The van der Waals surface area contributed by atoms with E-state index in [9.17, 15) is 0 Å². The number of para-hydroxylation sites is 1. The van der Waals surface area contributed by atoms with Crippen molar-refractivity contribution in [2.24, 2.45) is 0 Å². The monoisotopic (exact) mass is 200 g/mol. The number of nitrogens with one attached hydrogen (secondary N) is 2. The normalized spacial score (nSPS) is 18.2. The molecule has 2 N–H and O–H groups in total. The van der Waals surface area contributed by atoms with E-state index in [0.717, 1.165) is 6.04 Å². The van der Waals surface area contributed by atoms with Crippen molar-refractivity contribution in [3.8, 4) is 0 Å². The van der Waals surface area contributed by atoms with Gasteiger partial charge in [0.15, 0.2) is 0 Å². The smallest absolute Gasteiger partial charge is 0.0456 e. The molecule has 0 spiro atoms. The van der Waals surface area contributed by atoms with E-state index in [1.807, 2.05) is 0 Å². The van der Waals surface area contributed by atoms with E-state index in [1.165, 1.54) is 29.4 Å². The summed E-state index contributed by atoms with van der Waals surface area (Å²) in [5, 5.41) is 4.90. The Labute approximate surface area is 89.7 Å². The Balaban J connectivity index is 1.89. The average Bonchev–Trinajstić information content (AvgIpc) is 2.95. The first kappa shape index (κ1) is 8.98. The molecule has 1 aromatic heterocycles. The fourth-order valence-electron chi connectivity index (χ4n) is 2.02. The van der Waals surface area contributed by atoms with Crippen LogP contribution in [0.25, 0.3) is 10.9 Å². The third-order valence-corrected chi connectivity index (χ3v) is 3.08. The number of H-pyrrole nitrogens is 1. The largest absolute Gasteiger partial charge is 0.357 e. The van der Waals surface area contributed by atoms with Crippen LogP contribution in [0.2, 0.25) is 0 Å². The van der Waals surface area contributed by atoms with Crippen molar-refractivity contribution in [1.29, 1.82) is 0 Å². The van der Waals surface area contributed by atoms with Crippen LogP contribution in [0.5, 0.6) is 0 Å². The molecule has 1 unspecified atom stereocenters. The average molecular weight is 200 g/mol. The van der Waals surface area contributed by atoms with Gasteiger partial charge in [-0.05, 0) is 37.3 Å². The molecule has 2 nitrogen and oxygen atoms in total. The highest BCUT2D eigenvalue weighted by Crippen LogP contribution is 2.25. The number of hydrogen-bond donors (Lipinski definition) is 2. The zero-order valence-electron chi connectivity index (χ0n) is 8.96. The fourth-order valence-corrected chi connectivity index (χ4v) is 2.02. The first-order valence-electron chi connectivity index (χ1n) is 5.66. The van der Waals surface area contributed by atoms with Crippen LogP contribution < -0.4 is 5.32 Å². The molecule has 1 heterocycles. The van der Waals surface area contributed by atoms with Gasteiger partial charge in [-0.2, -0.15) is 0 Å². The van der Waals surface area contributed by atoms with Crippen LogP contribution >= 0.6 is 0 Å². The van der Waals surface area contributed by atoms with E-state index in [4.69, 9.17) is 0 Å². The zero-order valence-corrected chi connectivity index (χ0v) is 8.96. The van der Waals surface area contributed by atoms with E-state index in [2.05, 4.69) is 47.6 Å². The topological polar surface area (TPSA) is 27.8 Å². The van der Waals surface area contributed by atoms with Gasteiger partial charge in [0.05, 0.1) is 0 Å². The lowest BCUT2D eigenvalue weighted by Gasteiger charge is -2.10. The molecule has 0 aliphatic heterocycles. The molecule has 1 aliphatic rings. The van der Waals surface area contributed by atoms with Crippen LogP contribution in [0.15, 0.2) is 30.3 Å². The Morgan fingerprint density at radius 2 is 2.13 bits per heavy atom. The van der Waals surface area contributed by atoms with Gasteiger partial charge in [0.1, 0.15) is 0 Å². The van der Waals surface area contributed by atoms with Gasteiger partial charge in [-0.25, -0.2) is 0 Å². The number of hydrogen-bond acceptors (Lipinski definition) is 1. The lowest BCUT2D eigenvalue weighted by Crippen LogP contribution is -2.20. The summed E-state index contributed by atoms with van der Waals surface area (Å²) in [5.41, 5.74) is 2.53. The van der Waals surface area contributed by atoms with E-state index in [0.29, 0.717) is 6.04 Å². The molecular weight excluding hydrogens is 184 g/mol. The van der Waals surface area contributed by atoms with Crippen LogP contribution in [0.4, 0.5) is 0 Å². The molecule has 0 saturated heterocycles. The van der Waals surface area contributed by atoms with Crippen molar-refractivity contribution in [1.82, 2.24) is 10.3 Å².